The summed E-state index contributed by atoms with van der Waals surface area (Å²) in [6.07, 6.45) is 4.21. The highest BCUT2D eigenvalue weighted by Gasteiger charge is 2.11. The van der Waals surface area contributed by atoms with Crippen LogP contribution in [-0.4, -0.2) is 10.1 Å². The molecular weight excluding hydrogens is 214 g/mol. The van der Waals surface area contributed by atoms with Crippen molar-refractivity contribution in [3.05, 3.63) is 66.2 Å². The second-order valence-electron chi connectivity index (χ2n) is 3.91. The average molecular weight is 225 g/mol. The molecule has 1 aromatic carbocycles. The fraction of sp³-hybridized carbons (Fsp3) is 0.0714. The van der Waals surface area contributed by atoms with Crippen LogP contribution in [0, 0.1) is 0 Å². The van der Waals surface area contributed by atoms with Crippen molar-refractivity contribution >= 4 is 10.9 Å². The molecule has 0 aliphatic carbocycles. The number of nitrogens with zero attached hydrogens (tertiary/aromatic N) is 1. The lowest BCUT2D eigenvalue weighted by Gasteiger charge is -2.09. The van der Waals surface area contributed by atoms with Crippen LogP contribution in [0.5, 0.6) is 0 Å². The van der Waals surface area contributed by atoms with Gasteiger partial charge in [0.15, 0.2) is 0 Å². The van der Waals surface area contributed by atoms with E-state index >= 15 is 0 Å². The molecule has 3 nitrogen and oxygen atoms in total. The third kappa shape index (κ3) is 1.81. The van der Waals surface area contributed by atoms with E-state index in [9.17, 15) is 5.11 Å². The molecule has 0 radical (unpaired) electrons. The first-order chi connectivity index (χ1) is 8.34. The summed E-state index contributed by atoms with van der Waals surface area (Å²) in [5, 5.41) is 11.2. The number of fused-ring (bicyclic) bond motifs is 1. The first-order valence-electron chi connectivity index (χ1n) is 5.39. The summed E-state index contributed by atoms with van der Waals surface area (Å²) in [4.78, 5) is 4.24. The van der Waals surface area contributed by atoms with E-state index < -0.39 is 6.10 Å². The lowest BCUT2D eigenvalue weighted by Crippen LogP contribution is -1.97. The number of benzene rings is 1. The number of furan rings is 1. The van der Waals surface area contributed by atoms with Gasteiger partial charge in [-0.15, -0.1) is 0 Å². The summed E-state index contributed by atoms with van der Waals surface area (Å²) >= 11 is 0. The van der Waals surface area contributed by atoms with Crippen LogP contribution in [0.4, 0.5) is 0 Å². The second kappa shape index (κ2) is 4.03. The smallest absolute Gasteiger partial charge is 0.107 e. The maximum absolute atomic E-state index is 10.2. The van der Waals surface area contributed by atoms with Gasteiger partial charge in [0, 0.05) is 17.1 Å². The van der Waals surface area contributed by atoms with Gasteiger partial charge in [-0.1, -0.05) is 12.1 Å². The lowest BCUT2D eigenvalue weighted by atomic mass is 10.0. The molecule has 0 amide bonds. The molecule has 84 valence electrons. The van der Waals surface area contributed by atoms with Crippen LogP contribution in [0.1, 0.15) is 17.2 Å². The van der Waals surface area contributed by atoms with Gasteiger partial charge in [0.1, 0.15) is 6.10 Å². The molecule has 2 aromatic heterocycles. The highest BCUT2D eigenvalue weighted by molar-refractivity contribution is 5.79. The molecule has 0 aliphatic heterocycles. The van der Waals surface area contributed by atoms with Gasteiger partial charge in [-0.2, -0.15) is 0 Å². The van der Waals surface area contributed by atoms with Gasteiger partial charge >= 0.3 is 0 Å². The van der Waals surface area contributed by atoms with Gasteiger partial charge in [0.25, 0.3) is 0 Å². The van der Waals surface area contributed by atoms with Crippen LogP contribution in [0.2, 0.25) is 0 Å². The Balaban J connectivity index is 2.06. The highest BCUT2D eigenvalue weighted by Crippen LogP contribution is 2.24. The van der Waals surface area contributed by atoms with Crippen LogP contribution in [0.3, 0.4) is 0 Å². The average Bonchev–Trinajstić information content (AvgIpc) is 2.91. The van der Waals surface area contributed by atoms with Gasteiger partial charge < -0.3 is 9.52 Å². The number of aromatic nitrogens is 1. The van der Waals surface area contributed by atoms with E-state index in [4.69, 9.17) is 4.42 Å². The van der Waals surface area contributed by atoms with Crippen molar-refractivity contribution in [3.63, 3.8) is 0 Å². The maximum atomic E-state index is 10.2. The predicted octanol–water partition coefficient (Wildman–Crippen LogP) is 2.91. The fourth-order valence-electron chi connectivity index (χ4n) is 1.89. The minimum Gasteiger partial charge on any atom is -0.472 e. The van der Waals surface area contributed by atoms with Crippen molar-refractivity contribution in [1.29, 1.82) is 0 Å². The summed E-state index contributed by atoms with van der Waals surface area (Å²) < 4.78 is 4.97. The van der Waals surface area contributed by atoms with Gasteiger partial charge in [0.2, 0.25) is 0 Å². The van der Waals surface area contributed by atoms with Crippen molar-refractivity contribution in [2.45, 2.75) is 6.10 Å². The van der Waals surface area contributed by atoms with Crippen LogP contribution in [0.25, 0.3) is 10.9 Å². The Morgan fingerprint density at radius 2 is 2.06 bits per heavy atom. The minimum atomic E-state index is -0.654. The SMILES string of the molecule is OC(c1ccoc1)c1ccc2ncccc2c1. The molecule has 0 bridgehead atoms. The number of aliphatic hydroxyl groups is 1. The van der Waals surface area contributed by atoms with Gasteiger partial charge in [-0.05, 0) is 29.8 Å². The summed E-state index contributed by atoms with van der Waals surface area (Å²) in [6.45, 7) is 0. The number of pyridine rings is 1. The van der Waals surface area contributed by atoms with Crippen molar-refractivity contribution in [2.75, 3.05) is 0 Å². The van der Waals surface area contributed by atoms with Gasteiger partial charge in [-0.3, -0.25) is 4.98 Å². The van der Waals surface area contributed by atoms with E-state index in [1.807, 2.05) is 30.3 Å². The standard InChI is InChI=1S/C14H11NO2/c16-14(12-5-7-17-9-12)11-3-4-13-10(8-11)2-1-6-15-13/h1-9,14,16H. The normalized spacial score (nSPS) is 12.8. The van der Waals surface area contributed by atoms with Crippen LogP contribution >= 0.6 is 0 Å². The van der Waals surface area contributed by atoms with E-state index in [0.717, 1.165) is 22.0 Å². The number of hydrogen-bond donors (Lipinski definition) is 1. The zero-order chi connectivity index (χ0) is 11.7. The summed E-state index contributed by atoms with van der Waals surface area (Å²) in [7, 11) is 0. The van der Waals surface area contributed by atoms with E-state index in [-0.39, 0.29) is 0 Å². The van der Waals surface area contributed by atoms with Crippen molar-refractivity contribution in [2.24, 2.45) is 0 Å². The maximum Gasteiger partial charge on any atom is 0.107 e. The molecule has 17 heavy (non-hydrogen) atoms. The largest absolute Gasteiger partial charge is 0.472 e. The quantitative estimate of drug-likeness (QED) is 0.729. The van der Waals surface area contributed by atoms with Crippen molar-refractivity contribution in [1.82, 2.24) is 4.98 Å². The van der Waals surface area contributed by atoms with Gasteiger partial charge in [0.05, 0.1) is 18.0 Å². The predicted molar refractivity (Wildman–Crippen MR) is 64.5 cm³/mol. The Hall–Kier alpha value is -2.13. The molecule has 3 heteroatoms. The molecule has 0 saturated heterocycles. The Kier molecular flexibility index (Phi) is 2.38. The topological polar surface area (TPSA) is 46.3 Å². The number of aliphatic hydroxyl groups excluding tert-OH is 1. The molecule has 1 N–H and O–H groups in total. The zero-order valence-corrected chi connectivity index (χ0v) is 9.08. The molecular formula is C14H11NO2. The Bertz CT molecular complexity index is 632. The zero-order valence-electron chi connectivity index (χ0n) is 9.08. The Morgan fingerprint density at radius 1 is 1.12 bits per heavy atom. The van der Waals surface area contributed by atoms with Gasteiger partial charge in [-0.25, -0.2) is 0 Å². The molecule has 3 aromatic rings. The third-order valence-corrected chi connectivity index (χ3v) is 2.80. The molecule has 1 unspecified atom stereocenters. The molecule has 0 saturated carbocycles. The third-order valence-electron chi connectivity index (χ3n) is 2.80. The minimum absolute atomic E-state index is 0.654. The molecule has 0 aliphatic rings. The van der Waals surface area contributed by atoms with Crippen molar-refractivity contribution in [3.8, 4) is 0 Å². The number of hydrogen-bond acceptors (Lipinski definition) is 3. The van der Waals surface area contributed by atoms with E-state index in [1.54, 1.807) is 24.8 Å². The number of rotatable bonds is 2. The van der Waals surface area contributed by atoms with Crippen LogP contribution in [-0.2, 0) is 0 Å². The Labute approximate surface area is 98.3 Å². The van der Waals surface area contributed by atoms with Crippen molar-refractivity contribution < 1.29 is 9.52 Å². The highest BCUT2D eigenvalue weighted by atomic mass is 16.3. The monoisotopic (exact) mass is 225 g/mol. The molecule has 1 atom stereocenters. The summed E-state index contributed by atoms with van der Waals surface area (Å²) in [6, 6.07) is 11.4. The molecule has 3 rings (SSSR count). The van der Waals surface area contributed by atoms with E-state index in [1.165, 1.54) is 0 Å². The fourth-order valence-corrected chi connectivity index (χ4v) is 1.89. The summed E-state index contributed by atoms with van der Waals surface area (Å²) in [5.74, 6) is 0. The molecule has 0 fully saturated rings. The first kappa shape index (κ1) is 10.1. The molecule has 2 heterocycles. The summed E-state index contributed by atoms with van der Waals surface area (Å²) in [5.41, 5.74) is 2.52. The lowest BCUT2D eigenvalue weighted by molar-refractivity contribution is 0.219. The van der Waals surface area contributed by atoms with E-state index in [0.29, 0.717) is 0 Å². The second-order valence-corrected chi connectivity index (χ2v) is 3.91. The first-order valence-corrected chi connectivity index (χ1v) is 5.39. The van der Waals surface area contributed by atoms with Crippen LogP contribution < -0.4 is 0 Å². The Morgan fingerprint density at radius 3 is 2.88 bits per heavy atom. The van der Waals surface area contributed by atoms with Crippen LogP contribution in [0.15, 0.2) is 59.5 Å². The molecule has 0 spiro atoms. The van der Waals surface area contributed by atoms with E-state index in [2.05, 4.69) is 4.98 Å².